The highest BCUT2D eigenvalue weighted by Crippen LogP contribution is 2.39. The summed E-state index contributed by atoms with van der Waals surface area (Å²) < 4.78 is 48.6. The number of amides is 1. The van der Waals surface area contributed by atoms with Crippen LogP contribution in [0.2, 0.25) is 0 Å². The van der Waals surface area contributed by atoms with Crippen LogP contribution in [0.25, 0.3) is 0 Å². The molecule has 1 amide bonds. The second kappa shape index (κ2) is 13.9. The molecule has 0 N–H and O–H groups in total. The highest BCUT2D eigenvalue weighted by Gasteiger charge is 2.32. The topological polar surface area (TPSA) is 88.1 Å². The van der Waals surface area contributed by atoms with Crippen molar-refractivity contribution in [1.29, 1.82) is 0 Å². The molecule has 1 saturated heterocycles. The molecule has 2 heterocycles. The molecule has 0 aromatic heterocycles. The van der Waals surface area contributed by atoms with E-state index >= 15 is 0 Å². The van der Waals surface area contributed by atoms with Crippen molar-refractivity contribution >= 4 is 17.8 Å². The largest absolute Gasteiger partial charge is 0.493 e. The van der Waals surface area contributed by atoms with Gasteiger partial charge in [-0.05, 0) is 61.4 Å². The molecule has 0 bridgehead atoms. The first-order chi connectivity index (χ1) is 21.3. The molecule has 234 valence electrons. The number of aliphatic imine (C=N–C) groups is 1. The molecule has 2 aliphatic rings. The van der Waals surface area contributed by atoms with Crippen LogP contribution in [0.4, 0.5) is 10.1 Å². The van der Waals surface area contributed by atoms with Crippen LogP contribution < -0.4 is 28.4 Å². The molecule has 10 heteroatoms. The van der Waals surface area contributed by atoms with Crippen LogP contribution in [-0.4, -0.2) is 64.2 Å². The summed E-state index contributed by atoms with van der Waals surface area (Å²) in [4.78, 5) is 19.6. The summed E-state index contributed by atoms with van der Waals surface area (Å²) in [7, 11) is 4.64. The Morgan fingerprint density at radius 3 is 2.25 bits per heavy atom. The maximum Gasteiger partial charge on any atom is 0.256 e. The molecule has 44 heavy (non-hydrogen) atoms. The number of ether oxygens (including phenoxy) is 6. The predicted octanol–water partition coefficient (Wildman–Crippen LogP) is 7.08. The number of hydrogen-bond donors (Lipinski definition) is 0. The Balaban J connectivity index is 1.13. The van der Waals surface area contributed by atoms with E-state index < -0.39 is 5.82 Å². The third-order valence-corrected chi connectivity index (χ3v) is 7.81. The summed E-state index contributed by atoms with van der Waals surface area (Å²) in [6, 6.07) is 13.1. The van der Waals surface area contributed by atoms with Crippen LogP contribution in [0, 0.1) is 17.7 Å². The Bertz CT molecular complexity index is 1510. The zero-order valence-electron chi connectivity index (χ0n) is 25.8. The molecule has 0 spiro atoms. The number of benzene rings is 3. The minimum atomic E-state index is -0.534. The zero-order valence-corrected chi connectivity index (χ0v) is 25.8. The average Bonchev–Trinajstić information content (AvgIpc) is 3.46. The average molecular weight is 607 g/mol. The van der Waals surface area contributed by atoms with E-state index in [1.807, 2.05) is 11.1 Å². The van der Waals surface area contributed by atoms with Gasteiger partial charge in [-0.2, -0.15) is 0 Å². The Labute approximate surface area is 257 Å². The van der Waals surface area contributed by atoms with Crippen molar-refractivity contribution in [2.24, 2.45) is 16.8 Å². The third kappa shape index (κ3) is 7.01. The summed E-state index contributed by atoms with van der Waals surface area (Å²) in [5.41, 5.74) is 1.13. The molecule has 3 aromatic carbocycles. The monoisotopic (exact) mass is 606 g/mol. The summed E-state index contributed by atoms with van der Waals surface area (Å²) >= 11 is 0. The Hall–Kier alpha value is -4.47. The smallest absolute Gasteiger partial charge is 0.256 e. The highest BCUT2D eigenvalue weighted by molar-refractivity contribution is 6.03. The second-order valence-electron chi connectivity index (χ2n) is 11.3. The minimum absolute atomic E-state index is 0.0213. The number of carbonyl (C=O) groups is 1. The van der Waals surface area contributed by atoms with Crippen molar-refractivity contribution in [3.05, 3.63) is 59.9 Å². The fourth-order valence-electron chi connectivity index (χ4n) is 5.57. The highest BCUT2D eigenvalue weighted by atomic mass is 19.1. The lowest BCUT2D eigenvalue weighted by molar-refractivity contribution is 0.0774. The van der Waals surface area contributed by atoms with E-state index in [0.29, 0.717) is 59.0 Å². The van der Waals surface area contributed by atoms with Crippen molar-refractivity contribution in [3.63, 3.8) is 0 Å². The molecule has 5 rings (SSSR count). The Morgan fingerprint density at radius 1 is 0.841 bits per heavy atom. The molecule has 3 atom stereocenters. The molecule has 3 aromatic rings. The minimum Gasteiger partial charge on any atom is -0.493 e. The van der Waals surface area contributed by atoms with E-state index in [1.165, 1.54) is 19.2 Å². The SMILES string of the molecule is COc1ccc(Oc2ccc(OCC(C)CC(C)COc3cc4c(cc3OC)C(=O)N3CCCC3C=N4)cc2F)cc1OC. The zero-order chi connectivity index (χ0) is 31.2. The maximum absolute atomic E-state index is 14.8. The van der Waals surface area contributed by atoms with Gasteiger partial charge in [0.05, 0.1) is 51.8 Å². The summed E-state index contributed by atoms with van der Waals surface area (Å²) in [5.74, 6) is 2.85. The van der Waals surface area contributed by atoms with Gasteiger partial charge in [-0.15, -0.1) is 0 Å². The van der Waals surface area contributed by atoms with Gasteiger partial charge in [-0.25, -0.2) is 4.39 Å². The van der Waals surface area contributed by atoms with Gasteiger partial charge in [0.1, 0.15) is 11.5 Å². The molecule has 3 unspecified atom stereocenters. The number of fused-ring (bicyclic) bond motifs is 2. The molecular formula is C34H39FN2O7. The number of methoxy groups -OCH3 is 3. The second-order valence-corrected chi connectivity index (χ2v) is 11.3. The lowest BCUT2D eigenvalue weighted by Gasteiger charge is -2.21. The van der Waals surface area contributed by atoms with E-state index in [2.05, 4.69) is 18.8 Å². The third-order valence-electron chi connectivity index (χ3n) is 7.81. The predicted molar refractivity (Wildman–Crippen MR) is 165 cm³/mol. The molecule has 9 nitrogen and oxygen atoms in total. The van der Waals surface area contributed by atoms with Gasteiger partial charge in [0.15, 0.2) is 34.6 Å². The van der Waals surface area contributed by atoms with Crippen molar-refractivity contribution in [1.82, 2.24) is 4.90 Å². The van der Waals surface area contributed by atoms with Gasteiger partial charge < -0.3 is 33.3 Å². The van der Waals surface area contributed by atoms with Crippen molar-refractivity contribution < 1.29 is 37.6 Å². The van der Waals surface area contributed by atoms with Crippen LogP contribution in [0.15, 0.2) is 53.5 Å². The first-order valence-corrected chi connectivity index (χ1v) is 14.8. The van der Waals surface area contributed by atoms with Gasteiger partial charge in [-0.1, -0.05) is 13.8 Å². The Kier molecular flexibility index (Phi) is 9.77. The number of rotatable bonds is 13. The lowest BCUT2D eigenvalue weighted by atomic mass is 9.99. The quantitative estimate of drug-likeness (QED) is 0.205. The molecule has 0 aliphatic carbocycles. The maximum atomic E-state index is 14.8. The standard InChI is InChI=1S/C34H39FN2O7/c1-21(19-42-24-8-10-29(27(35)14-24)44-25-9-11-30(39-3)31(15-25)40-4)13-22(2)20-43-33-17-28-26(16-32(33)41-5)34(38)37-12-6-7-23(37)18-36-28/h8-11,14-18,21-23H,6-7,12-13,19-20H2,1-5H3. The normalized spacial score (nSPS) is 16.8. The summed E-state index contributed by atoms with van der Waals surface area (Å²) in [6.45, 7) is 5.78. The molecular weight excluding hydrogens is 567 g/mol. The van der Waals surface area contributed by atoms with Gasteiger partial charge >= 0.3 is 0 Å². The van der Waals surface area contributed by atoms with Crippen LogP contribution in [0.3, 0.4) is 0 Å². The first-order valence-electron chi connectivity index (χ1n) is 14.8. The fraction of sp³-hybridized carbons (Fsp3) is 0.412. The van der Waals surface area contributed by atoms with Gasteiger partial charge in [0.2, 0.25) is 0 Å². The lowest BCUT2D eigenvalue weighted by Crippen LogP contribution is -2.35. The van der Waals surface area contributed by atoms with Crippen LogP contribution in [-0.2, 0) is 0 Å². The number of hydrogen-bond acceptors (Lipinski definition) is 8. The van der Waals surface area contributed by atoms with Gasteiger partial charge in [-0.3, -0.25) is 9.79 Å². The summed E-state index contributed by atoms with van der Waals surface area (Å²) in [6.07, 6.45) is 4.60. The van der Waals surface area contributed by atoms with E-state index in [0.717, 1.165) is 25.8 Å². The number of nitrogens with zero attached hydrogens (tertiary/aromatic N) is 2. The van der Waals surface area contributed by atoms with Gasteiger partial charge in [0.25, 0.3) is 5.91 Å². The molecule has 2 aliphatic heterocycles. The van der Waals surface area contributed by atoms with Crippen molar-refractivity contribution in [2.45, 2.75) is 39.2 Å². The first kappa shape index (κ1) is 31.0. The van der Waals surface area contributed by atoms with Crippen molar-refractivity contribution in [2.75, 3.05) is 41.1 Å². The molecule has 1 fully saturated rings. The number of carbonyl (C=O) groups excluding carboxylic acids is 1. The summed E-state index contributed by atoms with van der Waals surface area (Å²) in [5, 5.41) is 0. The van der Waals surface area contributed by atoms with Crippen LogP contribution in [0.1, 0.15) is 43.5 Å². The van der Waals surface area contributed by atoms with Crippen LogP contribution in [0.5, 0.6) is 40.2 Å². The van der Waals surface area contributed by atoms with Crippen LogP contribution >= 0.6 is 0 Å². The van der Waals surface area contributed by atoms with E-state index in [-0.39, 0.29) is 29.5 Å². The fourth-order valence-corrected chi connectivity index (χ4v) is 5.57. The van der Waals surface area contributed by atoms with Crippen molar-refractivity contribution in [3.8, 4) is 40.2 Å². The van der Waals surface area contributed by atoms with E-state index in [9.17, 15) is 9.18 Å². The van der Waals surface area contributed by atoms with E-state index in [4.69, 9.17) is 28.4 Å². The number of halogens is 1. The molecule has 0 radical (unpaired) electrons. The van der Waals surface area contributed by atoms with Gasteiger partial charge in [0, 0.05) is 31.0 Å². The molecule has 0 saturated carbocycles. The Morgan fingerprint density at radius 2 is 1.52 bits per heavy atom. The van der Waals surface area contributed by atoms with E-state index in [1.54, 1.807) is 50.6 Å².